The molecule has 0 radical (unpaired) electrons. The van der Waals surface area contributed by atoms with E-state index in [0.717, 1.165) is 29.1 Å². The summed E-state index contributed by atoms with van der Waals surface area (Å²) in [6.07, 6.45) is 0.815. The van der Waals surface area contributed by atoms with Gasteiger partial charge in [-0.1, -0.05) is 30.3 Å². The van der Waals surface area contributed by atoms with Gasteiger partial charge in [0.1, 0.15) is 6.04 Å². The van der Waals surface area contributed by atoms with Crippen LogP contribution in [0.2, 0.25) is 0 Å². The lowest BCUT2D eigenvalue weighted by atomic mass is 10.2. The summed E-state index contributed by atoms with van der Waals surface area (Å²) < 4.78 is 12.4. The Morgan fingerprint density at radius 2 is 1.96 bits per heavy atom. The first kappa shape index (κ1) is 15.7. The Kier molecular flexibility index (Phi) is 4.76. The highest BCUT2D eigenvalue weighted by molar-refractivity contribution is 7.84. The zero-order valence-corrected chi connectivity index (χ0v) is 13.9. The Hall–Kier alpha value is -2.14. The number of rotatable bonds is 5. The van der Waals surface area contributed by atoms with Gasteiger partial charge in [0, 0.05) is 24.2 Å². The van der Waals surface area contributed by atoms with Crippen LogP contribution < -0.4 is 5.32 Å². The largest absolute Gasteiger partial charge is 0.374 e. The van der Waals surface area contributed by atoms with E-state index in [2.05, 4.69) is 5.32 Å². The molecule has 2 atom stereocenters. The van der Waals surface area contributed by atoms with Gasteiger partial charge in [-0.2, -0.15) is 0 Å². The van der Waals surface area contributed by atoms with Gasteiger partial charge in [0.15, 0.2) is 0 Å². The van der Waals surface area contributed by atoms with Crippen molar-refractivity contribution in [3.8, 4) is 0 Å². The van der Waals surface area contributed by atoms with Gasteiger partial charge in [-0.15, -0.1) is 0 Å². The number of anilines is 1. The first-order chi connectivity index (χ1) is 11.1. The predicted molar refractivity (Wildman–Crippen MR) is 92.7 cm³/mol. The number of carbonyl (C=O) groups is 1. The highest BCUT2D eigenvalue weighted by atomic mass is 32.2. The van der Waals surface area contributed by atoms with Crippen LogP contribution in [0.3, 0.4) is 0 Å². The molecule has 1 aliphatic rings. The normalized spacial score (nSPS) is 18.9. The molecule has 23 heavy (non-hydrogen) atoms. The van der Waals surface area contributed by atoms with Gasteiger partial charge in [0.2, 0.25) is 5.91 Å². The molecule has 5 heteroatoms. The molecule has 0 unspecified atom stereocenters. The minimum absolute atomic E-state index is 0.128. The van der Waals surface area contributed by atoms with Crippen molar-refractivity contribution in [3.63, 3.8) is 0 Å². The topological polar surface area (TPSA) is 49.4 Å². The quantitative estimate of drug-likeness (QED) is 0.918. The summed E-state index contributed by atoms with van der Waals surface area (Å²) >= 11 is 0. The molecule has 2 aromatic rings. The van der Waals surface area contributed by atoms with Crippen LogP contribution in [0.1, 0.15) is 12.0 Å². The number of carbonyl (C=O) groups excluding carboxylic acids is 1. The summed E-state index contributed by atoms with van der Waals surface area (Å²) in [6.45, 7) is 0.786. The molecular formula is C18H20N2O2S. The van der Waals surface area contributed by atoms with Gasteiger partial charge >= 0.3 is 0 Å². The van der Waals surface area contributed by atoms with Crippen LogP contribution in [0, 0.1) is 0 Å². The van der Waals surface area contributed by atoms with Gasteiger partial charge in [-0.3, -0.25) is 9.00 Å². The lowest BCUT2D eigenvalue weighted by Gasteiger charge is -2.14. The molecule has 0 aliphatic carbocycles. The molecule has 0 spiro atoms. The van der Waals surface area contributed by atoms with E-state index < -0.39 is 10.8 Å². The number of nitrogens with zero attached hydrogens (tertiary/aromatic N) is 1. The third-order valence-electron chi connectivity index (χ3n) is 4.00. The van der Waals surface area contributed by atoms with Crippen LogP contribution in [0.25, 0.3) is 0 Å². The summed E-state index contributed by atoms with van der Waals surface area (Å²) in [5, 5.41) is 3.28. The molecule has 1 aliphatic heterocycles. The van der Waals surface area contributed by atoms with E-state index in [-0.39, 0.29) is 11.9 Å². The first-order valence-corrected chi connectivity index (χ1v) is 8.99. The molecule has 3 rings (SSSR count). The Balaban J connectivity index is 1.68. The van der Waals surface area contributed by atoms with Gasteiger partial charge < -0.3 is 10.2 Å². The van der Waals surface area contributed by atoms with E-state index in [1.807, 2.05) is 61.6 Å². The number of hydrogen-bond donors (Lipinski definition) is 1. The fourth-order valence-corrected chi connectivity index (χ4v) is 3.83. The second-order valence-corrected chi connectivity index (χ2v) is 7.20. The number of benzene rings is 2. The standard InChI is InChI=1S/C18H20N2O2S/c1-20-11-10-17(18(20)21)19-15-7-5-6-14(12-15)13-23(22)16-8-3-2-4-9-16/h2-9,12,17,19H,10-11,13H2,1H3/t17-,23-/m0/s1. The Morgan fingerprint density at radius 1 is 1.17 bits per heavy atom. The molecular weight excluding hydrogens is 308 g/mol. The summed E-state index contributed by atoms with van der Waals surface area (Å²) in [4.78, 5) is 14.5. The van der Waals surface area contributed by atoms with Crippen LogP contribution in [-0.4, -0.2) is 34.7 Å². The lowest BCUT2D eigenvalue weighted by molar-refractivity contribution is -0.127. The number of likely N-dealkylation sites (N-methyl/N-ethyl adjacent to an activating group) is 1. The fraction of sp³-hybridized carbons (Fsp3) is 0.278. The molecule has 1 N–H and O–H groups in total. The first-order valence-electron chi connectivity index (χ1n) is 7.67. The van der Waals surface area contributed by atoms with Gasteiger partial charge in [0.05, 0.1) is 16.6 Å². The molecule has 2 aromatic carbocycles. The van der Waals surface area contributed by atoms with Crippen LogP contribution in [0.5, 0.6) is 0 Å². The molecule has 1 saturated heterocycles. The monoisotopic (exact) mass is 328 g/mol. The van der Waals surface area contributed by atoms with Crippen molar-refractivity contribution in [2.24, 2.45) is 0 Å². The zero-order chi connectivity index (χ0) is 16.2. The SMILES string of the molecule is CN1CC[C@H](Nc2cccc(C[S@](=O)c3ccccc3)c2)C1=O. The van der Waals surface area contributed by atoms with Crippen LogP contribution in [0.4, 0.5) is 5.69 Å². The molecule has 1 fully saturated rings. The minimum Gasteiger partial charge on any atom is -0.374 e. The maximum absolute atomic E-state index is 12.4. The van der Waals surface area contributed by atoms with E-state index in [9.17, 15) is 9.00 Å². The molecule has 4 nitrogen and oxygen atoms in total. The average Bonchev–Trinajstić information content (AvgIpc) is 2.88. The molecule has 0 saturated carbocycles. The number of nitrogens with one attached hydrogen (secondary N) is 1. The third kappa shape index (κ3) is 3.79. The highest BCUT2D eigenvalue weighted by Crippen LogP contribution is 2.19. The maximum atomic E-state index is 12.4. The van der Waals surface area contributed by atoms with Crippen molar-refractivity contribution in [2.45, 2.75) is 23.1 Å². The maximum Gasteiger partial charge on any atom is 0.244 e. The summed E-state index contributed by atoms with van der Waals surface area (Å²) in [7, 11) is 0.761. The van der Waals surface area contributed by atoms with Crippen LogP contribution in [0.15, 0.2) is 59.5 Å². The van der Waals surface area contributed by atoms with E-state index in [1.165, 1.54) is 0 Å². The van der Waals surface area contributed by atoms with Crippen LogP contribution >= 0.6 is 0 Å². The van der Waals surface area contributed by atoms with Gasteiger partial charge in [-0.25, -0.2) is 0 Å². The minimum atomic E-state index is -1.06. The predicted octanol–water partition coefficient (Wildman–Crippen LogP) is 2.64. The van der Waals surface area contributed by atoms with E-state index in [0.29, 0.717) is 5.75 Å². The number of hydrogen-bond acceptors (Lipinski definition) is 3. The van der Waals surface area contributed by atoms with Crippen LogP contribution in [-0.2, 0) is 21.3 Å². The smallest absolute Gasteiger partial charge is 0.244 e. The third-order valence-corrected chi connectivity index (χ3v) is 5.39. The van der Waals surface area contributed by atoms with Crippen molar-refractivity contribution in [1.82, 2.24) is 4.90 Å². The Morgan fingerprint density at radius 3 is 2.65 bits per heavy atom. The zero-order valence-electron chi connectivity index (χ0n) is 13.1. The van der Waals surface area contributed by atoms with Crippen molar-refractivity contribution in [3.05, 3.63) is 60.2 Å². The second-order valence-electron chi connectivity index (χ2n) is 5.75. The van der Waals surface area contributed by atoms with E-state index >= 15 is 0 Å². The molecule has 0 bridgehead atoms. The summed E-state index contributed by atoms with van der Waals surface area (Å²) in [5.74, 6) is 0.598. The van der Waals surface area contributed by atoms with Crippen molar-refractivity contribution < 1.29 is 9.00 Å². The molecule has 1 amide bonds. The molecule has 0 aromatic heterocycles. The van der Waals surface area contributed by atoms with E-state index in [1.54, 1.807) is 4.90 Å². The second kappa shape index (κ2) is 6.96. The average molecular weight is 328 g/mol. The number of amides is 1. The van der Waals surface area contributed by atoms with E-state index in [4.69, 9.17) is 0 Å². The molecule has 120 valence electrons. The Labute approximate surface area is 139 Å². The van der Waals surface area contributed by atoms with Gasteiger partial charge in [-0.05, 0) is 36.2 Å². The van der Waals surface area contributed by atoms with Crippen molar-refractivity contribution in [1.29, 1.82) is 0 Å². The van der Waals surface area contributed by atoms with Crippen molar-refractivity contribution in [2.75, 3.05) is 18.9 Å². The lowest BCUT2D eigenvalue weighted by Crippen LogP contribution is -2.30. The fourth-order valence-electron chi connectivity index (χ4n) is 2.72. The van der Waals surface area contributed by atoms with Crippen molar-refractivity contribution >= 4 is 22.4 Å². The highest BCUT2D eigenvalue weighted by Gasteiger charge is 2.28. The summed E-state index contributed by atoms with van der Waals surface area (Å²) in [6, 6.07) is 17.1. The molecule has 1 heterocycles. The summed E-state index contributed by atoms with van der Waals surface area (Å²) in [5.41, 5.74) is 1.90. The Bertz CT molecular complexity index is 718. The number of likely N-dealkylation sites (tertiary alicyclic amines) is 1. The van der Waals surface area contributed by atoms with Gasteiger partial charge in [0.25, 0.3) is 0 Å².